The van der Waals surface area contributed by atoms with Crippen LogP contribution in [0.2, 0.25) is 5.02 Å². The number of aromatic carboxylic acids is 1. The lowest BCUT2D eigenvalue weighted by molar-refractivity contribution is -0.383. The molecule has 30 heavy (non-hydrogen) atoms. The van der Waals surface area contributed by atoms with Gasteiger partial charge >= 0.3 is 5.97 Å². The van der Waals surface area contributed by atoms with Gasteiger partial charge in [-0.05, 0) is 34.7 Å². The average molecular weight is 459 g/mol. The van der Waals surface area contributed by atoms with Crippen molar-refractivity contribution >= 4 is 61.9 Å². The number of carboxylic acid groups (broad SMARTS) is 1. The highest BCUT2D eigenvalue weighted by Gasteiger charge is 2.24. The summed E-state index contributed by atoms with van der Waals surface area (Å²) in [6.07, 6.45) is -0.167. The fourth-order valence-corrected chi connectivity index (χ4v) is 5.14. The van der Waals surface area contributed by atoms with Crippen molar-refractivity contribution in [2.24, 2.45) is 0 Å². The fraction of sp³-hybridized carbons (Fsp3) is 0.0500. The predicted molar refractivity (Wildman–Crippen MR) is 116 cm³/mol. The zero-order valence-electron chi connectivity index (χ0n) is 15.0. The van der Waals surface area contributed by atoms with Crippen LogP contribution in [0.15, 0.2) is 47.8 Å². The van der Waals surface area contributed by atoms with Gasteiger partial charge in [0.1, 0.15) is 0 Å². The maximum Gasteiger partial charge on any atom is 0.337 e. The first-order chi connectivity index (χ1) is 14.3. The van der Waals surface area contributed by atoms with Crippen molar-refractivity contribution < 1.29 is 19.6 Å². The molecular formula is C20H11ClN2O5S2. The summed E-state index contributed by atoms with van der Waals surface area (Å²) >= 11 is 8.18. The number of carbonyl (C=O) groups is 2. The van der Waals surface area contributed by atoms with Gasteiger partial charge in [0.2, 0.25) is 0 Å². The molecule has 0 spiro atoms. The lowest BCUT2D eigenvalue weighted by Gasteiger charge is -2.03. The third kappa shape index (κ3) is 3.70. The van der Waals surface area contributed by atoms with E-state index in [2.05, 4.69) is 4.98 Å². The Labute approximate surface area is 182 Å². The number of fused-ring (bicyclic) bond motifs is 1. The number of thiazole rings is 1. The van der Waals surface area contributed by atoms with E-state index in [1.807, 2.05) is 0 Å². The Hall–Kier alpha value is -3.14. The van der Waals surface area contributed by atoms with Gasteiger partial charge in [-0.2, -0.15) is 0 Å². The number of nitro benzene ring substituents is 1. The maximum absolute atomic E-state index is 12.8. The Morgan fingerprint density at radius 2 is 1.90 bits per heavy atom. The maximum atomic E-state index is 12.8. The lowest BCUT2D eigenvalue weighted by Crippen LogP contribution is -2.07. The van der Waals surface area contributed by atoms with Crippen molar-refractivity contribution in [3.63, 3.8) is 0 Å². The second-order valence-corrected chi connectivity index (χ2v) is 8.62. The number of nitrogens with zero attached hydrogens (tertiary/aromatic N) is 2. The standard InChI is InChI=1S/C20H11ClN2O5S2/c21-12-6-4-10(5-7-12)18-16(20(25)26)11(9-29-18)8-14(24)19-22-17-13(23(27)28)2-1-3-15(17)30-19/h1-7,9H,8H2,(H,25,26). The van der Waals surface area contributed by atoms with E-state index in [0.717, 1.165) is 11.3 Å². The number of ketones is 1. The first-order valence-corrected chi connectivity index (χ1v) is 10.6. The molecule has 4 rings (SSSR count). The number of halogens is 1. The van der Waals surface area contributed by atoms with Crippen LogP contribution in [0.25, 0.3) is 20.7 Å². The number of Topliss-reactive ketones (excluding diaryl/α,β-unsaturated/α-hetero) is 1. The molecule has 0 aliphatic heterocycles. The van der Waals surface area contributed by atoms with Crippen molar-refractivity contribution in [2.45, 2.75) is 6.42 Å². The Balaban J connectivity index is 1.69. The van der Waals surface area contributed by atoms with Gasteiger partial charge in [0.15, 0.2) is 16.3 Å². The summed E-state index contributed by atoms with van der Waals surface area (Å²) in [6, 6.07) is 11.3. The number of hydrogen-bond donors (Lipinski definition) is 1. The summed E-state index contributed by atoms with van der Waals surface area (Å²) < 4.78 is 0.526. The molecule has 0 bridgehead atoms. The first-order valence-electron chi connectivity index (χ1n) is 8.52. The van der Waals surface area contributed by atoms with Crippen LogP contribution >= 0.6 is 34.3 Å². The van der Waals surface area contributed by atoms with Crippen molar-refractivity contribution in [3.8, 4) is 10.4 Å². The summed E-state index contributed by atoms with van der Waals surface area (Å²) in [5.41, 5.74) is 1.10. The summed E-state index contributed by atoms with van der Waals surface area (Å²) in [5, 5.41) is 23.2. The van der Waals surface area contributed by atoms with Gasteiger partial charge in [0.05, 0.1) is 15.2 Å². The lowest BCUT2D eigenvalue weighted by atomic mass is 10.0. The molecule has 1 N–H and O–H groups in total. The van der Waals surface area contributed by atoms with Crippen LogP contribution in [0.1, 0.15) is 25.7 Å². The van der Waals surface area contributed by atoms with E-state index >= 15 is 0 Å². The quantitative estimate of drug-likeness (QED) is 0.225. The molecule has 2 heterocycles. The summed E-state index contributed by atoms with van der Waals surface area (Å²) in [5.74, 6) is -1.53. The van der Waals surface area contributed by atoms with Gasteiger partial charge in [0.25, 0.3) is 5.69 Å². The highest BCUT2D eigenvalue weighted by molar-refractivity contribution is 7.20. The summed E-state index contributed by atoms with van der Waals surface area (Å²) in [4.78, 5) is 40.0. The number of rotatable bonds is 6. The van der Waals surface area contributed by atoms with E-state index in [0.29, 0.717) is 25.7 Å². The van der Waals surface area contributed by atoms with Crippen LogP contribution < -0.4 is 0 Å². The van der Waals surface area contributed by atoms with E-state index in [9.17, 15) is 24.8 Å². The van der Waals surface area contributed by atoms with E-state index < -0.39 is 16.7 Å². The van der Waals surface area contributed by atoms with Crippen LogP contribution in [0.4, 0.5) is 5.69 Å². The molecule has 0 saturated heterocycles. The molecule has 4 aromatic rings. The van der Waals surface area contributed by atoms with Gasteiger partial charge in [-0.3, -0.25) is 14.9 Å². The van der Waals surface area contributed by atoms with Crippen molar-refractivity contribution in [2.75, 3.05) is 0 Å². The minimum atomic E-state index is -1.14. The van der Waals surface area contributed by atoms with Gasteiger partial charge in [-0.15, -0.1) is 22.7 Å². The number of non-ortho nitro benzene ring substituents is 1. The van der Waals surface area contributed by atoms with Gasteiger partial charge in [0, 0.05) is 22.4 Å². The molecular weight excluding hydrogens is 448 g/mol. The van der Waals surface area contributed by atoms with Crippen LogP contribution in [-0.2, 0) is 6.42 Å². The molecule has 0 unspecified atom stereocenters. The second-order valence-electron chi connectivity index (χ2n) is 6.28. The Kier molecular flexibility index (Phi) is 5.33. The normalized spacial score (nSPS) is 11.0. The van der Waals surface area contributed by atoms with E-state index in [-0.39, 0.29) is 28.2 Å². The Bertz CT molecular complexity index is 1310. The van der Waals surface area contributed by atoms with E-state index in [1.165, 1.54) is 23.5 Å². The highest BCUT2D eigenvalue weighted by atomic mass is 35.5. The molecule has 150 valence electrons. The van der Waals surface area contributed by atoms with Gasteiger partial charge in [-0.1, -0.05) is 29.8 Å². The minimum Gasteiger partial charge on any atom is -0.478 e. The zero-order valence-corrected chi connectivity index (χ0v) is 17.4. The largest absolute Gasteiger partial charge is 0.478 e. The number of thiophene rings is 1. The molecule has 0 aliphatic carbocycles. The van der Waals surface area contributed by atoms with Gasteiger partial charge < -0.3 is 5.11 Å². The summed E-state index contributed by atoms with van der Waals surface area (Å²) in [7, 11) is 0. The SMILES string of the molecule is O=C(Cc1csc(-c2ccc(Cl)cc2)c1C(=O)O)c1nc2c([N+](=O)[O-])cccc2s1. The number of aromatic nitrogens is 1. The molecule has 0 amide bonds. The number of hydrogen-bond acceptors (Lipinski definition) is 7. The van der Waals surface area contributed by atoms with Crippen LogP contribution in [0, 0.1) is 10.1 Å². The van der Waals surface area contributed by atoms with Crippen molar-refractivity contribution in [1.29, 1.82) is 0 Å². The molecule has 10 heteroatoms. The minimum absolute atomic E-state index is 0.0581. The van der Waals surface area contributed by atoms with E-state index in [4.69, 9.17) is 11.6 Å². The van der Waals surface area contributed by atoms with Crippen molar-refractivity contribution in [1.82, 2.24) is 4.98 Å². The third-order valence-electron chi connectivity index (χ3n) is 4.37. The average Bonchev–Trinajstić information content (AvgIpc) is 3.32. The number of para-hydroxylation sites is 1. The summed E-state index contributed by atoms with van der Waals surface area (Å²) in [6.45, 7) is 0. The number of carboxylic acids is 1. The molecule has 2 aromatic carbocycles. The molecule has 0 fully saturated rings. The zero-order chi connectivity index (χ0) is 21.4. The highest BCUT2D eigenvalue weighted by Crippen LogP contribution is 2.35. The molecule has 7 nitrogen and oxygen atoms in total. The number of benzene rings is 2. The predicted octanol–water partition coefficient (Wildman–Crippen LogP) is 5.71. The second kappa shape index (κ2) is 7.94. The van der Waals surface area contributed by atoms with Crippen molar-refractivity contribution in [3.05, 3.63) is 79.1 Å². The monoisotopic (exact) mass is 458 g/mol. The molecule has 0 saturated carbocycles. The smallest absolute Gasteiger partial charge is 0.337 e. The Morgan fingerprint density at radius 1 is 1.17 bits per heavy atom. The fourth-order valence-electron chi connectivity index (χ4n) is 3.02. The van der Waals surface area contributed by atoms with Crippen LogP contribution in [0.5, 0.6) is 0 Å². The number of nitro groups is 1. The molecule has 0 radical (unpaired) electrons. The van der Waals surface area contributed by atoms with Crippen LogP contribution in [-0.4, -0.2) is 26.8 Å². The third-order valence-corrected chi connectivity index (χ3v) is 6.76. The number of carbonyl (C=O) groups excluding carboxylic acids is 1. The molecule has 0 atom stereocenters. The van der Waals surface area contributed by atoms with Crippen LogP contribution in [0.3, 0.4) is 0 Å². The topological polar surface area (TPSA) is 110 Å². The first kappa shape index (κ1) is 20.1. The molecule has 2 aromatic heterocycles. The van der Waals surface area contributed by atoms with Gasteiger partial charge in [-0.25, -0.2) is 9.78 Å². The van der Waals surface area contributed by atoms with E-state index in [1.54, 1.807) is 35.7 Å². The molecule has 0 aliphatic rings. The Morgan fingerprint density at radius 3 is 2.57 bits per heavy atom.